The molecule has 2 heterocycles. The largest absolute Gasteiger partial charge is 0.480 e. The zero-order valence-electron chi connectivity index (χ0n) is 9.98. The van der Waals surface area contributed by atoms with Gasteiger partial charge in [-0.05, 0) is 41.3 Å². The molecule has 1 saturated heterocycles. The number of carboxylic acids is 1. The molecule has 0 bridgehead atoms. The lowest BCUT2D eigenvalue weighted by molar-refractivity contribution is -0.141. The minimum Gasteiger partial charge on any atom is -0.480 e. The molecule has 0 aromatic carbocycles. The minimum atomic E-state index is -0.910. The van der Waals surface area contributed by atoms with E-state index in [1.54, 1.807) is 6.07 Å². The summed E-state index contributed by atoms with van der Waals surface area (Å²) in [7, 11) is 0. The molecule has 1 atom stereocenters. The second-order valence-electron chi connectivity index (χ2n) is 4.23. The van der Waals surface area contributed by atoms with E-state index in [2.05, 4.69) is 15.9 Å². The van der Waals surface area contributed by atoms with Crippen LogP contribution < -0.4 is 0 Å². The third-order valence-electron chi connectivity index (χ3n) is 3.09. The Balaban J connectivity index is 2.22. The number of halogens is 1. The number of hydrogen-bond acceptors (Lipinski definition) is 3. The number of amides is 1. The molecule has 1 amide bonds. The van der Waals surface area contributed by atoms with Gasteiger partial charge in [0, 0.05) is 15.9 Å². The van der Waals surface area contributed by atoms with Gasteiger partial charge in [0.05, 0.1) is 4.88 Å². The Morgan fingerprint density at radius 1 is 1.61 bits per heavy atom. The van der Waals surface area contributed by atoms with Crippen LogP contribution in [0.2, 0.25) is 0 Å². The Labute approximate surface area is 118 Å². The number of likely N-dealkylation sites (tertiary alicyclic amines) is 1. The van der Waals surface area contributed by atoms with E-state index in [0.717, 1.165) is 22.2 Å². The molecule has 0 spiro atoms. The number of aryl methyl sites for hydroxylation is 1. The van der Waals surface area contributed by atoms with Gasteiger partial charge in [-0.15, -0.1) is 11.3 Å². The van der Waals surface area contributed by atoms with Gasteiger partial charge in [0.2, 0.25) is 0 Å². The maximum absolute atomic E-state index is 12.3. The van der Waals surface area contributed by atoms with Crippen LogP contribution in [0.15, 0.2) is 10.5 Å². The highest BCUT2D eigenvalue weighted by atomic mass is 79.9. The zero-order chi connectivity index (χ0) is 13.3. The molecule has 1 N–H and O–H groups in total. The van der Waals surface area contributed by atoms with Gasteiger partial charge in [-0.25, -0.2) is 4.79 Å². The average Bonchev–Trinajstić information content (AvgIpc) is 2.93. The lowest BCUT2D eigenvalue weighted by atomic mass is 10.2. The van der Waals surface area contributed by atoms with Crippen LogP contribution in [0.3, 0.4) is 0 Å². The highest BCUT2D eigenvalue weighted by Gasteiger charge is 2.35. The Hall–Kier alpha value is -0.880. The van der Waals surface area contributed by atoms with Crippen molar-refractivity contribution in [2.24, 2.45) is 0 Å². The first kappa shape index (κ1) is 13.5. The van der Waals surface area contributed by atoms with Crippen molar-refractivity contribution in [3.05, 3.63) is 20.3 Å². The summed E-state index contributed by atoms with van der Waals surface area (Å²) in [6, 6.07) is 1.13. The van der Waals surface area contributed by atoms with Crippen molar-refractivity contribution in [3.8, 4) is 0 Å². The molecule has 1 aromatic rings. The Kier molecular flexibility index (Phi) is 4.07. The first-order valence-corrected chi connectivity index (χ1v) is 7.47. The van der Waals surface area contributed by atoms with E-state index in [4.69, 9.17) is 5.11 Å². The highest BCUT2D eigenvalue weighted by Crippen LogP contribution is 2.30. The molecule has 98 valence electrons. The van der Waals surface area contributed by atoms with Crippen LogP contribution in [0, 0.1) is 0 Å². The van der Waals surface area contributed by atoms with Gasteiger partial charge in [0.15, 0.2) is 0 Å². The number of nitrogens with zero attached hydrogens (tertiary/aromatic N) is 1. The van der Waals surface area contributed by atoms with E-state index in [1.807, 2.05) is 6.92 Å². The fraction of sp³-hybridized carbons (Fsp3) is 0.500. The molecule has 4 nitrogen and oxygen atoms in total. The van der Waals surface area contributed by atoms with Crippen molar-refractivity contribution >= 4 is 39.1 Å². The molecule has 1 aromatic heterocycles. The third-order valence-corrected chi connectivity index (χ3v) is 5.33. The lowest BCUT2D eigenvalue weighted by Gasteiger charge is -2.20. The molecular formula is C12H14BrNO3S. The van der Waals surface area contributed by atoms with Crippen LogP contribution in [-0.4, -0.2) is 34.5 Å². The molecule has 0 unspecified atom stereocenters. The summed E-state index contributed by atoms with van der Waals surface area (Å²) >= 11 is 4.86. The molecule has 1 aliphatic rings. The van der Waals surface area contributed by atoms with Crippen molar-refractivity contribution in [1.82, 2.24) is 4.90 Å². The van der Waals surface area contributed by atoms with Crippen molar-refractivity contribution < 1.29 is 14.7 Å². The Morgan fingerprint density at radius 2 is 2.33 bits per heavy atom. The molecule has 2 rings (SSSR count). The first-order chi connectivity index (χ1) is 8.54. The number of carbonyl (C=O) groups is 2. The van der Waals surface area contributed by atoms with Crippen molar-refractivity contribution in [3.63, 3.8) is 0 Å². The number of thiophene rings is 1. The highest BCUT2D eigenvalue weighted by molar-refractivity contribution is 9.10. The molecular weight excluding hydrogens is 318 g/mol. The van der Waals surface area contributed by atoms with E-state index in [-0.39, 0.29) is 5.91 Å². The number of carbonyl (C=O) groups excluding carboxylic acids is 1. The standard InChI is InChI=1S/C12H14BrNO3S/c1-2-9-7(13)6-10(18-9)11(15)14-5-3-4-8(14)12(16)17/h6,8H,2-5H2,1H3,(H,16,17)/t8-/m1/s1. The van der Waals surface area contributed by atoms with E-state index >= 15 is 0 Å². The number of carboxylic acid groups (broad SMARTS) is 1. The van der Waals surface area contributed by atoms with E-state index in [0.29, 0.717) is 17.8 Å². The third kappa shape index (κ3) is 2.44. The van der Waals surface area contributed by atoms with Crippen molar-refractivity contribution in [2.75, 3.05) is 6.54 Å². The summed E-state index contributed by atoms with van der Waals surface area (Å²) < 4.78 is 0.935. The van der Waals surface area contributed by atoms with Crippen LogP contribution in [0.1, 0.15) is 34.3 Å². The summed E-state index contributed by atoms with van der Waals surface area (Å²) in [5, 5.41) is 9.09. The quantitative estimate of drug-likeness (QED) is 0.926. The number of rotatable bonds is 3. The summed E-state index contributed by atoms with van der Waals surface area (Å²) in [6.07, 6.45) is 2.17. The Morgan fingerprint density at radius 3 is 2.89 bits per heavy atom. The SMILES string of the molecule is CCc1sc(C(=O)N2CCC[C@@H]2C(=O)O)cc1Br. The summed E-state index contributed by atoms with van der Waals surface area (Å²) in [4.78, 5) is 26.6. The van der Waals surface area contributed by atoms with Crippen LogP contribution in [0.4, 0.5) is 0 Å². The monoisotopic (exact) mass is 331 g/mol. The molecule has 18 heavy (non-hydrogen) atoms. The minimum absolute atomic E-state index is 0.162. The van der Waals surface area contributed by atoms with Crippen LogP contribution in [-0.2, 0) is 11.2 Å². The molecule has 1 aliphatic heterocycles. The molecule has 6 heteroatoms. The molecule has 0 aliphatic carbocycles. The second-order valence-corrected chi connectivity index (χ2v) is 6.22. The van der Waals surface area contributed by atoms with E-state index in [1.165, 1.54) is 16.2 Å². The molecule has 0 saturated carbocycles. The predicted octanol–water partition coefficient (Wildman–Crippen LogP) is 2.76. The lowest BCUT2D eigenvalue weighted by Crippen LogP contribution is -2.40. The van der Waals surface area contributed by atoms with Crippen LogP contribution in [0.5, 0.6) is 0 Å². The second kappa shape index (κ2) is 5.40. The van der Waals surface area contributed by atoms with Crippen LogP contribution in [0.25, 0.3) is 0 Å². The van der Waals surface area contributed by atoms with Gasteiger partial charge >= 0.3 is 5.97 Å². The Bertz CT molecular complexity index is 486. The summed E-state index contributed by atoms with van der Waals surface area (Å²) in [5.41, 5.74) is 0. The van der Waals surface area contributed by atoms with E-state index < -0.39 is 12.0 Å². The van der Waals surface area contributed by atoms with Crippen molar-refractivity contribution in [1.29, 1.82) is 0 Å². The smallest absolute Gasteiger partial charge is 0.326 e. The van der Waals surface area contributed by atoms with Gasteiger partial charge in [-0.2, -0.15) is 0 Å². The van der Waals surface area contributed by atoms with Gasteiger partial charge in [0.1, 0.15) is 6.04 Å². The van der Waals surface area contributed by atoms with Gasteiger partial charge < -0.3 is 10.0 Å². The average molecular weight is 332 g/mol. The maximum Gasteiger partial charge on any atom is 0.326 e. The van der Waals surface area contributed by atoms with E-state index in [9.17, 15) is 9.59 Å². The number of hydrogen-bond donors (Lipinski definition) is 1. The fourth-order valence-electron chi connectivity index (χ4n) is 2.16. The topological polar surface area (TPSA) is 57.6 Å². The maximum atomic E-state index is 12.3. The first-order valence-electron chi connectivity index (χ1n) is 5.86. The number of aliphatic carboxylic acids is 1. The van der Waals surface area contributed by atoms with Crippen LogP contribution >= 0.6 is 27.3 Å². The normalized spacial score (nSPS) is 19.2. The summed E-state index contributed by atoms with van der Waals surface area (Å²) in [5.74, 6) is -1.07. The predicted molar refractivity (Wildman–Crippen MR) is 73.1 cm³/mol. The zero-order valence-corrected chi connectivity index (χ0v) is 12.4. The van der Waals surface area contributed by atoms with Gasteiger partial charge in [0.25, 0.3) is 5.91 Å². The van der Waals surface area contributed by atoms with Gasteiger partial charge in [-0.3, -0.25) is 4.79 Å². The fourth-order valence-corrected chi connectivity index (χ4v) is 4.01. The molecule has 0 radical (unpaired) electrons. The van der Waals surface area contributed by atoms with Crippen molar-refractivity contribution in [2.45, 2.75) is 32.2 Å². The molecule has 1 fully saturated rings. The van der Waals surface area contributed by atoms with Gasteiger partial charge in [-0.1, -0.05) is 6.92 Å². The summed E-state index contributed by atoms with van der Waals surface area (Å²) in [6.45, 7) is 2.56.